The van der Waals surface area contributed by atoms with E-state index in [1.54, 1.807) is 0 Å². The lowest BCUT2D eigenvalue weighted by atomic mass is 9.79. The Morgan fingerprint density at radius 3 is 1.89 bits per heavy atom. The third kappa shape index (κ3) is 3.15. The summed E-state index contributed by atoms with van der Waals surface area (Å²) in [7, 11) is 0. The summed E-state index contributed by atoms with van der Waals surface area (Å²) in [6.07, 6.45) is 1.24. The van der Waals surface area contributed by atoms with Gasteiger partial charge in [0.2, 0.25) is 0 Å². The van der Waals surface area contributed by atoms with Crippen molar-refractivity contribution >= 4 is 27.7 Å². The molecule has 1 saturated heterocycles. The van der Waals surface area contributed by atoms with E-state index in [4.69, 9.17) is 4.98 Å². The number of piperidine rings is 1. The first-order valence-corrected chi connectivity index (χ1v) is 9.75. The van der Waals surface area contributed by atoms with Gasteiger partial charge in [-0.05, 0) is 52.7 Å². The van der Waals surface area contributed by atoms with Crippen molar-refractivity contribution in [1.29, 1.82) is 0 Å². The number of nitrogens with one attached hydrogen (secondary N) is 1. The molecule has 28 heavy (non-hydrogen) atoms. The quantitative estimate of drug-likeness (QED) is 0.671. The van der Waals surface area contributed by atoms with Gasteiger partial charge in [-0.25, -0.2) is 4.98 Å². The molecule has 5 nitrogen and oxygen atoms in total. The van der Waals surface area contributed by atoms with Gasteiger partial charge in [-0.15, -0.1) is 10.3 Å². The molecule has 0 bridgehead atoms. The fourth-order valence-corrected chi connectivity index (χ4v) is 4.71. The van der Waals surface area contributed by atoms with Crippen molar-refractivity contribution in [3.8, 4) is 0 Å². The van der Waals surface area contributed by atoms with Gasteiger partial charge >= 0.3 is 0 Å². The van der Waals surface area contributed by atoms with E-state index in [1.807, 2.05) is 76.2 Å². The number of amides is 1. The summed E-state index contributed by atoms with van der Waals surface area (Å²) >= 11 is 0. The van der Waals surface area contributed by atoms with Gasteiger partial charge in [0.25, 0.3) is 5.91 Å². The zero-order valence-corrected chi connectivity index (χ0v) is 16.8. The molecule has 2 aromatic carbocycles. The molecule has 145 valence electrons. The van der Waals surface area contributed by atoms with Crippen molar-refractivity contribution in [2.24, 2.45) is 0 Å². The second-order valence-electron chi connectivity index (χ2n) is 9.02. The molecular weight excluding hydrogens is 350 g/mol. The molecule has 1 fully saturated rings. The fraction of sp³-hybridized carbons (Fsp3) is 0.391. The molecule has 3 aromatic rings. The molecule has 1 aliphatic heterocycles. The smallest absolute Gasteiger partial charge is 0.252 e. The molecule has 0 saturated carbocycles. The summed E-state index contributed by atoms with van der Waals surface area (Å²) in [4.78, 5) is 18.1. The highest BCUT2D eigenvalue weighted by molar-refractivity contribution is 6.16. The number of nitrogens with zero attached hydrogens (tertiary/aromatic N) is 2. The first-order chi connectivity index (χ1) is 13.2. The van der Waals surface area contributed by atoms with Crippen molar-refractivity contribution < 1.29 is 10.0 Å². The van der Waals surface area contributed by atoms with Crippen molar-refractivity contribution in [3.05, 3.63) is 54.1 Å². The summed E-state index contributed by atoms with van der Waals surface area (Å²) in [5.74, 6) is -0.106. The number of hydrogen-bond donors (Lipinski definition) is 1. The number of para-hydroxylation sites is 2. The number of rotatable bonds is 2. The number of carbonyl (C=O) groups excluding carboxylic acids is 1. The Labute approximate surface area is 165 Å². The van der Waals surface area contributed by atoms with E-state index in [-0.39, 0.29) is 11.9 Å². The maximum atomic E-state index is 13.4. The number of hydroxylamine groups is 2. The molecule has 1 aliphatic rings. The van der Waals surface area contributed by atoms with E-state index < -0.39 is 11.1 Å². The Balaban J connectivity index is 1.75. The first-order valence-electron chi connectivity index (χ1n) is 9.75. The van der Waals surface area contributed by atoms with E-state index in [1.165, 1.54) is 5.06 Å². The van der Waals surface area contributed by atoms with E-state index in [2.05, 4.69) is 5.32 Å². The largest absolute Gasteiger partial charge is 0.349 e. The molecule has 1 aromatic heterocycles. The van der Waals surface area contributed by atoms with Gasteiger partial charge in [0.1, 0.15) is 0 Å². The molecule has 0 atom stereocenters. The maximum Gasteiger partial charge on any atom is 0.252 e. The molecule has 0 unspecified atom stereocenters. The molecule has 1 N–H and O–H groups in total. The summed E-state index contributed by atoms with van der Waals surface area (Å²) < 4.78 is 0. The molecule has 4 rings (SSSR count). The number of benzene rings is 2. The zero-order valence-electron chi connectivity index (χ0n) is 16.8. The van der Waals surface area contributed by atoms with E-state index in [9.17, 15) is 10.0 Å². The van der Waals surface area contributed by atoms with Gasteiger partial charge in [-0.3, -0.25) is 4.79 Å². The average Bonchev–Trinajstić information content (AvgIpc) is 2.63. The highest BCUT2D eigenvalue weighted by Crippen LogP contribution is 2.37. The van der Waals surface area contributed by atoms with Crippen molar-refractivity contribution in [2.45, 2.75) is 57.7 Å². The van der Waals surface area contributed by atoms with Crippen LogP contribution < -0.4 is 5.32 Å². The van der Waals surface area contributed by atoms with Crippen LogP contribution in [0.1, 0.15) is 50.9 Å². The highest BCUT2D eigenvalue weighted by Gasteiger charge is 2.46. The third-order valence-electron chi connectivity index (χ3n) is 5.74. The van der Waals surface area contributed by atoms with Crippen LogP contribution >= 0.6 is 0 Å². The number of aromatic nitrogens is 1. The topological polar surface area (TPSA) is 65.1 Å². The summed E-state index contributed by atoms with van der Waals surface area (Å²) in [6, 6.07) is 15.4. The summed E-state index contributed by atoms with van der Waals surface area (Å²) in [6.45, 7) is 7.77. The van der Waals surface area contributed by atoms with Crippen molar-refractivity contribution in [2.75, 3.05) is 0 Å². The normalized spacial score (nSPS) is 19.8. The molecule has 0 aliphatic carbocycles. The molecule has 1 radical (unpaired) electrons. The van der Waals surface area contributed by atoms with Crippen molar-refractivity contribution in [1.82, 2.24) is 15.4 Å². The van der Waals surface area contributed by atoms with Crippen LogP contribution in [0.15, 0.2) is 48.5 Å². The lowest BCUT2D eigenvalue weighted by Crippen LogP contribution is -2.62. The lowest BCUT2D eigenvalue weighted by Gasteiger charge is -2.50. The van der Waals surface area contributed by atoms with Crippen LogP contribution in [0.25, 0.3) is 21.8 Å². The fourth-order valence-electron chi connectivity index (χ4n) is 4.71. The number of fused-ring (bicyclic) bond motifs is 2. The Morgan fingerprint density at radius 1 is 0.929 bits per heavy atom. The second-order valence-corrected chi connectivity index (χ2v) is 9.02. The molecule has 5 heteroatoms. The van der Waals surface area contributed by atoms with E-state index in [0.29, 0.717) is 18.4 Å². The van der Waals surface area contributed by atoms with Crippen LogP contribution in [0.5, 0.6) is 0 Å². The van der Waals surface area contributed by atoms with Crippen LogP contribution in [0.2, 0.25) is 0 Å². The van der Waals surface area contributed by atoms with Gasteiger partial charge in [-0.2, -0.15) is 0 Å². The summed E-state index contributed by atoms with van der Waals surface area (Å²) in [5.41, 5.74) is 1.22. The Kier molecular flexibility index (Phi) is 4.40. The van der Waals surface area contributed by atoms with E-state index >= 15 is 0 Å². The summed E-state index contributed by atoms with van der Waals surface area (Å²) in [5, 5.41) is 18.7. The minimum absolute atomic E-state index is 0.0617. The minimum atomic E-state index is -0.526. The lowest BCUT2D eigenvalue weighted by molar-refractivity contribution is -0.289. The zero-order chi connectivity index (χ0) is 20.1. The minimum Gasteiger partial charge on any atom is -0.349 e. The predicted molar refractivity (Wildman–Crippen MR) is 110 cm³/mol. The van der Waals surface area contributed by atoms with Crippen LogP contribution in [0.4, 0.5) is 0 Å². The Morgan fingerprint density at radius 2 is 1.39 bits per heavy atom. The Bertz CT molecular complexity index is 986. The number of carbonyl (C=O) groups is 1. The SMILES string of the molecule is CC1(C)CC(NC(=O)c2c3ccccc3nc3ccccc23)CC(C)(C)N1[O]. The van der Waals surface area contributed by atoms with Gasteiger partial charge < -0.3 is 5.32 Å². The molecule has 2 heterocycles. The van der Waals surface area contributed by atoms with Gasteiger partial charge in [0.15, 0.2) is 0 Å². The standard InChI is InChI=1S/C23H26N3O2/c1-22(2)13-15(14-23(3,4)26(22)28)24-21(27)20-16-9-5-7-11-18(16)25-19-12-8-6-10-17(19)20/h5-12,15H,13-14H2,1-4H3,(H,24,27). The van der Waals surface area contributed by atoms with Gasteiger partial charge in [-0.1, -0.05) is 36.4 Å². The van der Waals surface area contributed by atoms with E-state index in [0.717, 1.165) is 21.8 Å². The predicted octanol–water partition coefficient (Wildman–Crippen LogP) is 4.48. The maximum absolute atomic E-state index is 13.4. The first kappa shape index (κ1) is 18.8. The van der Waals surface area contributed by atoms with Crippen LogP contribution in [0, 0.1) is 0 Å². The number of pyridine rings is 1. The van der Waals surface area contributed by atoms with Gasteiger partial charge in [0.05, 0.1) is 16.6 Å². The van der Waals surface area contributed by atoms with Crippen LogP contribution in [-0.2, 0) is 5.21 Å². The highest BCUT2D eigenvalue weighted by atomic mass is 16.5. The monoisotopic (exact) mass is 376 g/mol. The molecule has 1 amide bonds. The third-order valence-corrected chi connectivity index (χ3v) is 5.74. The second kappa shape index (κ2) is 6.54. The van der Waals surface area contributed by atoms with Crippen LogP contribution in [0.3, 0.4) is 0 Å². The Hall–Kier alpha value is -2.50. The number of hydrogen-bond acceptors (Lipinski definition) is 3. The van der Waals surface area contributed by atoms with Crippen molar-refractivity contribution in [3.63, 3.8) is 0 Å². The average molecular weight is 376 g/mol. The van der Waals surface area contributed by atoms with Crippen LogP contribution in [-0.4, -0.2) is 33.1 Å². The molecular formula is C23H26N3O2. The van der Waals surface area contributed by atoms with Gasteiger partial charge in [0, 0.05) is 27.9 Å². The molecule has 0 spiro atoms.